The monoisotopic (exact) mass is 451 g/mol. The quantitative estimate of drug-likeness (QED) is 0.385. The molecule has 0 aliphatic carbocycles. The zero-order chi connectivity index (χ0) is 22.1. The summed E-state index contributed by atoms with van der Waals surface area (Å²) in [4.78, 5) is 7.96. The number of hydrogen-bond donors (Lipinski definition) is 3. The number of anilines is 3. The molecule has 3 rings (SSSR count). The van der Waals surface area contributed by atoms with Crippen LogP contribution in [0.3, 0.4) is 0 Å². The van der Waals surface area contributed by atoms with Crippen molar-refractivity contribution in [1.29, 1.82) is 0 Å². The lowest BCUT2D eigenvalue weighted by Gasteiger charge is -2.13. The molecule has 0 fully saturated rings. The summed E-state index contributed by atoms with van der Waals surface area (Å²) < 4.78 is 55.6. The highest BCUT2D eigenvalue weighted by atomic mass is 32.2. The number of thiocarbonyl (C=S) groups is 1. The zero-order valence-corrected chi connectivity index (χ0v) is 17.0. The first kappa shape index (κ1) is 21.5. The summed E-state index contributed by atoms with van der Waals surface area (Å²) in [6, 6.07) is 7.72. The molecule has 0 unspecified atom stereocenters. The van der Waals surface area contributed by atoms with Gasteiger partial charge in [-0.25, -0.2) is 27.3 Å². The number of methoxy groups -OCH3 is 1. The molecule has 0 saturated carbocycles. The van der Waals surface area contributed by atoms with Gasteiger partial charge in [0.2, 0.25) is 16.0 Å². The van der Waals surface area contributed by atoms with Gasteiger partial charge in [0.05, 0.1) is 28.0 Å². The molecule has 5 N–H and O–H groups in total. The summed E-state index contributed by atoms with van der Waals surface area (Å²) in [5.41, 5.74) is 6.26. The Morgan fingerprint density at radius 3 is 2.40 bits per heavy atom. The Balaban J connectivity index is 1.89. The highest BCUT2D eigenvalue weighted by molar-refractivity contribution is 7.89. The largest absolute Gasteiger partial charge is 0.496 e. The Kier molecular flexibility index (Phi) is 5.92. The van der Waals surface area contributed by atoms with E-state index in [1.165, 1.54) is 43.6 Å². The van der Waals surface area contributed by atoms with Crippen LogP contribution in [0.2, 0.25) is 0 Å². The van der Waals surface area contributed by atoms with Gasteiger partial charge in [-0.3, -0.25) is 0 Å². The number of sulfonamides is 1. The van der Waals surface area contributed by atoms with E-state index in [0.717, 1.165) is 6.07 Å². The van der Waals surface area contributed by atoms with Gasteiger partial charge in [0.15, 0.2) is 11.6 Å². The molecule has 8 nitrogen and oxygen atoms in total. The average molecular weight is 451 g/mol. The lowest BCUT2D eigenvalue weighted by Crippen LogP contribution is -2.13. The summed E-state index contributed by atoms with van der Waals surface area (Å²) in [6.45, 7) is 0. The van der Waals surface area contributed by atoms with Gasteiger partial charge in [-0.1, -0.05) is 12.2 Å². The van der Waals surface area contributed by atoms with Crippen LogP contribution in [0.5, 0.6) is 5.75 Å². The second-order valence-corrected chi connectivity index (χ2v) is 7.92. The van der Waals surface area contributed by atoms with Gasteiger partial charge < -0.3 is 15.8 Å². The Labute approximate surface area is 176 Å². The van der Waals surface area contributed by atoms with Crippen LogP contribution in [0.1, 0.15) is 11.1 Å². The summed E-state index contributed by atoms with van der Waals surface area (Å²) in [5, 5.41) is 7.88. The van der Waals surface area contributed by atoms with Crippen molar-refractivity contribution >= 4 is 44.6 Å². The van der Waals surface area contributed by atoms with Crippen LogP contribution in [-0.4, -0.2) is 30.4 Å². The fraction of sp³-hybridized carbons (Fsp3) is 0.0556. The predicted molar refractivity (Wildman–Crippen MR) is 111 cm³/mol. The van der Waals surface area contributed by atoms with Crippen LogP contribution in [-0.2, 0) is 10.0 Å². The fourth-order valence-corrected chi connectivity index (χ4v) is 3.40. The summed E-state index contributed by atoms with van der Waals surface area (Å²) in [5.74, 6) is -2.22. The number of primary sulfonamides is 1. The second-order valence-electron chi connectivity index (χ2n) is 5.95. The third-order valence-corrected chi connectivity index (χ3v) is 5.36. The van der Waals surface area contributed by atoms with Crippen molar-refractivity contribution in [2.24, 2.45) is 5.14 Å². The van der Waals surface area contributed by atoms with Gasteiger partial charge in [0.1, 0.15) is 11.6 Å². The Hall–Kier alpha value is -3.22. The Bertz CT molecular complexity index is 1240. The number of nitrogens with two attached hydrogens (primary N) is 2. The molecule has 30 heavy (non-hydrogen) atoms. The number of aromatic nitrogens is 2. The highest BCUT2D eigenvalue weighted by Crippen LogP contribution is 2.29. The topological polar surface area (TPSA) is 133 Å². The fourth-order valence-electron chi connectivity index (χ4n) is 2.54. The van der Waals surface area contributed by atoms with Crippen LogP contribution >= 0.6 is 12.2 Å². The number of nitrogens with one attached hydrogen (secondary N) is 1. The molecular formula is C18H15F2N5O3S2. The standard InChI is InChI=1S/C18H15F2N5O3S2/c1-28-13-7-6-12(19)15(20)14(13)16(29)11-8-23-18(25-17(11)21)24-9-2-4-10(5-3-9)30(22,26)27/h2-8H,1H3,(H2,22,26,27)(H3,21,23,24,25). The third-order valence-electron chi connectivity index (χ3n) is 4.01. The highest BCUT2D eigenvalue weighted by Gasteiger charge is 2.22. The number of nitrogens with zero attached hydrogens (tertiary/aromatic N) is 2. The number of nitrogen functional groups attached to an aromatic ring is 1. The minimum absolute atomic E-state index is 0.0375. The van der Waals surface area contributed by atoms with E-state index in [1.54, 1.807) is 0 Å². The van der Waals surface area contributed by atoms with Crippen molar-refractivity contribution < 1.29 is 21.9 Å². The number of ether oxygens (including phenoxy) is 1. The summed E-state index contributed by atoms with van der Waals surface area (Å²) in [7, 11) is -2.52. The summed E-state index contributed by atoms with van der Waals surface area (Å²) in [6.07, 6.45) is 1.26. The maximum absolute atomic E-state index is 14.3. The first-order valence-electron chi connectivity index (χ1n) is 8.21. The van der Waals surface area contributed by atoms with Crippen molar-refractivity contribution in [3.8, 4) is 5.75 Å². The van der Waals surface area contributed by atoms with E-state index in [4.69, 9.17) is 27.8 Å². The van der Waals surface area contributed by atoms with E-state index >= 15 is 0 Å². The Morgan fingerprint density at radius 1 is 1.17 bits per heavy atom. The van der Waals surface area contributed by atoms with Crippen molar-refractivity contribution in [2.75, 3.05) is 18.2 Å². The van der Waals surface area contributed by atoms with Gasteiger partial charge in [0.25, 0.3) is 0 Å². The molecule has 0 aliphatic rings. The predicted octanol–water partition coefficient (Wildman–Crippen LogP) is 2.50. The number of hydrogen-bond acceptors (Lipinski definition) is 8. The van der Waals surface area contributed by atoms with Crippen molar-refractivity contribution in [2.45, 2.75) is 4.90 Å². The van der Waals surface area contributed by atoms with Crippen LogP contribution < -0.4 is 20.9 Å². The van der Waals surface area contributed by atoms with Crippen molar-refractivity contribution in [3.63, 3.8) is 0 Å². The minimum Gasteiger partial charge on any atom is -0.496 e. The molecule has 1 heterocycles. The maximum Gasteiger partial charge on any atom is 0.238 e. The van der Waals surface area contributed by atoms with Crippen molar-refractivity contribution in [3.05, 3.63) is 65.4 Å². The average Bonchev–Trinajstić information content (AvgIpc) is 2.69. The van der Waals surface area contributed by atoms with Gasteiger partial charge in [-0.15, -0.1) is 0 Å². The molecule has 12 heteroatoms. The van der Waals surface area contributed by atoms with Crippen molar-refractivity contribution in [1.82, 2.24) is 9.97 Å². The molecule has 156 valence electrons. The van der Waals surface area contributed by atoms with E-state index in [0.29, 0.717) is 5.69 Å². The van der Waals surface area contributed by atoms with Gasteiger partial charge in [0, 0.05) is 11.9 Å². The zero-order valence-electron chi connectivity index (χ0n) is 15.4. The SMILES string of the molecule is COc1ccc(F)c(F)c1C(=S)c1cnc(Nc2ccc(S(N)(=O)=O)cc2)nc1N. The maximum atomic E-state index is 14.3. The number of rotatable bonds is 6. The first-order valence-corrected chi connectivity index (χ1v) is 10.2. The first-order chi connectivity index (χ1) is 14.1. The van der Waals surface area contributed by atoms with Crippen LogP contribution in [0.15, 0.2) is 47.5 Å². The molecule has 0 saturated heterocycles. The lowest BCUT2D eigenvalue weighted by molar-refractivity contribution is 0.405. The normalized spacial score (nSPS) is 11.2. The number of halogens is 2. The van der Waals surface area contributed by atoms with Gasteiger partial charge >= 0.3 is 0 Å². The lowest BCUT2D eigenvalue weighted by atomic mass is 10.0. The van der Waals surface area contributed by atoms with Crippen LogP contribution in [0.25, 0.3) is 0 Å². The molecule has 0 spiro atoms. The Morgan fingerprint density at radius 2 is 1.83 bits per heavy atom. The van der Waals surface area contributed by atoms with Gasteiger partial charge in [-0.05, 0) is 36.4 Å². The molecule has 0 amide bonds. The molecule has 3 aromatic rings. The van der Waals surface area contributed by atoms with E-state index in [-0.39, 0.29) is 38.4 Å². The van der Waals surface area contributed by atoms with Crippen LogP contribution in [0.4, 0.5) is 26.2 Å². The molecule has 2 aromatic carbocycles. The van der Waals surface area contributed by atoms with E-state index in [9.17, 15) is 17.2 Å². The molecule has 0 atom stereocenters. The molecular weight excluding hydrogens is 436 g/mol. The summed E-state index contributed by atoms with van der Waals surface area (Å²) >= 11 is 5.26. The molecule has 0 aliphatic heterocycles. The molecule has 1 aromatic heterocycles. The van der Waals surface area contributed by atoms with E-state index in [2.05, 4.69) is 15.3 Å². The minimum atomic E-state index is -3.81. The van der Waals surface area contributed by atoms with Crippen LogP contribution in [0, 0.1) is 11.6 Å². The third kappa shape index (κ3) is 4.35. The number of benzene rings is 2. The second kappa shape index (κ2) is 8.26. The molecule has 0 bridgehead atoms. The van der Waals surface area contributed by atoms with Gasteiger partial charge in [-0.2, -0.15) is 4.98 Å². The molecule has 0 radical (unpaired) electrons. The van der Waals surface area contributed by atoms with E-state index in [1.807, 2.05) is 0 Å². The smallest absolute Gasteiger partial charge is 0.238 e. The van der Waals surface area contributed by atoms with E-state index < -0.39 is 21.7 Å².